The third-order valence-corrected chi connectivity index (χ3v) is 4.38. The smallest absolute Gasteiger partial charge is 0.245 e. The fraction of sp³-hybridized carbons (Fsp3) is 0.300. The number of nitrogens with two attached hydrogens (primary N) is 1. The minimum absolute atomic E-state index is 0. The number of carbonyl (C=O) groups excluding carboxylic acids is 2. The number of amides is 2. The van der Waals surface area contributed by atoms with E-state index in [4.69, 9.17) is 10.5 Å². The van der Waals surface area contributed by atoms with Crippen LogP contribution < -0.4 is 11.1 Å². The van der Waals surface area contributed by atoms with Gasteiger partial charge in [0, 0.05) is 18.8 Å². The predicted octanol–water partition coefficient (Wildman–Crippen LogP) is 2.15. The first-order chi connectivity index (χ1) is 12.6. The van der Waals surface area contributed by atoms with E-state index in [1.54, 1.807) is 12.1 Å². The first-order valence-corrected chi connectivity index (χ1v) is 8.69. The van der Waals surface area contributed by atoms with Gasteiger partial charge in [0.25, 0.3) is 0 Å². The summed E-state index contributed by atoms with van der Waals surface area (Å²) in [6.07, 6.45) is 0.345. The Hall–Kier alpha value is -2.41. The average molecular weight is 390 g/mol. The van der Waals surface area contributed by atoms with Crippen LogP contribution in [0.3, 0.4) is 0 Å². The van der Waals surface area contributed by atoms with Crippen molar-refractivity contribution in [1.82, 2.24) is 4.90 Å². The van der Waals surface area contributed by atoms with Gasteiger partial charge in [0.1, 0.15) is 6.04 Å². The first-order valence-electron chi connectivity index (χ1n) is 8.69. The molecule has 1 aliphatic rings. The molecule has 0 radical (unpaired) electrons. The van der Waals surface area contributed by atoms with E-state index in [0.29, 0.717) is 38.4 Å². The quantitative estimate of drug-likeness (QED) is 0.820. The van der Waals surface area contributed by atoms with Crippen molar-refractivity contribution in [3.8, 4) is 0 Å². The molecule has 1 saturated heterocycles. The molecule has 2 amide bonds. The van der Waals surface area contributed by atoms with Gasteiger partial charge < -0.3 is 20.7 Å². The summed E-state index contributed by atoms with van der Waals surface area (Å²) >= 11 is 0. The van der Waals surface area contributed by atoms with Crippen LogP contribution in [0.15, 0.2) is 54.6 Å². The first kappa shape index (κ1) is 20.9. The number of halogens is 1. The van der Waals surface area contributed by atoms with Crippen LogP contribution in [0.4, 0.5) is 5.69 Å². The van der Waals surface area contributed by atoms with Crippen LogP contribution in [0.1, 0.15) is 17.2 Å². The van der Waals surface area contributed by atoms with Gasteiger partial charge in [0.2, 0.25) is 11.8 Å². The zero-order valence-corrected chi connectivity index (χ0v) is 15.8. The standard InChI is InChI=1S/C20H23N3O3.ClH/c21-19(16-4-2-1-3-5-16)20(25)22-17-8-6-15(7-9-17)14-18(24)23-10-12-26-13-11-23;/h1-9,19H,10-14,21H2,(H,22,25);1H. The molecule has 1 fully saturated rings. The Morgan fingerprint density at radius 3 is 2.30 bits per heavy atom. The molecule has 27 heavy (non-hydrogen) atoms. The summed E-state index contributed by atoms with van der Waals surface area (Å²) in [7, 11) is 0. The second-order valence-electron chi connectivity index (χ2n) is 6.24. The highest BCUT2D eigenvalue weighted by Crippen LogP contribution is 2.15. The van der Waals surface area contributed by atoms with E-state index in [-0.39, 0.29) is 24.2 Å². The Morgan fingerprint density at radius 1 is 1.04 bits per heavy atom. The molecule has 0 saturated carbocycles. The maximum atomic E-state index is 12.3. The Balaban J connectivity index is 0.00000261. The number of nitrogens with one attached hydrogen (secondary N) is 1. The van der Waals surface area contributed by atoms with Crippen molar-refractivity contribution in [1.29, 1.82) is 0 Å². The minimum atomic E-state index is -0.723. The Bertz CT molecular complexity index is 747. The summed E-state index contributed by atoms with van der Waals surface area (Å²) in [6.45, 7) is 2.48. The number of ether oxygens (including phenoxy) is 1. The van der Waals surface area contributed by atoms with Crippen LogP contribution in [0.5, 0.6) is 0 Å². The van der Waals surface area contributed by atoms with Crippen molar-refractivity contribution < 1.29 is 14.3 Å². The topological polar surface area (TPSA) is 84.7 Å². The number of anilines is 1. The number of benzene rings is 2. The molecule has 0 aromatic heterocycles. The number of rotatable bonds is 5. The van der Waals surface area contributed by atoms with Gasteiger partial charge in [-0.1, -0.05) is 42.5 Å². The van der Waals surface area contributed by atoms with Gasteiger partial charge in [0.15, 0.2) is 0 Å². The van der Waals surface area contributed by atoms with E-state index < -0.39 is 6.04 Å². The average Bonchev–Trinajstić information content (AvgIpc) is 2.70. The van der Waals surface area contributed by atoms with Gasteiger partial charge in [-0.25, -0.2) is 0 Å². The Labute approximate surface area is 165 Å². The van der Waals surface area contributed by atoms with Crippen molar-refractivity contribution >= 4 is 29.9 Å². The molecular formula is C20H24ClN3O3. The SMILES string of the molecule is Cl.NC(C(=O)Nc1ccc(CC(=O)N2CCOCC2)cc1)c1ccccc1. The number of hydrogen-bond acceptors (Lipinski definition) is 4. The molecule has 6 nitrogen and oxygen atoms in total. The Morgan fingerprint density at radius 2 is 1.67 bits per heavy atom. The zero-order chi connectivity index (χ0) is 18.4. The molecule has 3 N–H and O–H groups in total. The van der Waals surface area contributed by atoms with Crippen molar-refractivity contribution in [3.05, 3.63) is 65.7 Å². The van der Waals surface area contributed by atoms with Crippen molar-refractivity contribution in [2.45, 2.75) is 12.5 Å². The van der Waals surface area contributed by atoms with Crippen LogP contribution >= 0.6 is 12.4 Å². The zero-order valence-electron chi connectivity index (χ0n) is 15.0. The van der Waals surface area contributed by atoms with E-state index in [2.05, 4.69) is 5.32 Å². The maximum Gasteiger partial charge on any atom is 0.245 e. The van der Waals surface area contributed by atoms with E-state index in [1.165, 1.54) is 0 Å². The lowest BCUT2D eigenvalue weighted by Crippen LogP contribution is -2.41. The van der Waals surface area contributed by atoms with Crippen LogP contribution in [0.25, 0.3) is 0 Å². The molecule has 1 aliphatic heterocycles. The lowest BCUT2D eigenvalue weighted by molar-refractivity contribution is -0.134. The third kappa shape index (κ3) is 5.79. The monoisotopic (exact) mass is 389 g/mol. The summed E-state index contributed by atoms with van der Waals surface area (Å²) < 4.78 is 5.26. The van der Waals surface area contributed by atoms with Crippen LogP contribution in [0, 0.1) is 0 Å². The van der Waals surface area contributed by atoms with Gasteiger partial charge in [0.05, 0.1) is 19.6 Å². The van der Waals surface area contributed by atoms with Crippen molar-refractivity contribution in [2.75, 3.05) is 31.6 Å². The molecule has 144 valence electrons. The molecule has 1 heterocycles. The lowest BCUT2D eigenvalue weighted by atomic mass is 10.1. The molecule has 1 unspecified atom stereocenters. The van der Waals surface area contributed by atoms with Crippen LogP contribution in [-0.2, 0) is 20.7 Å². The molecule has 0 spiro atoms. The normalized spacial score (nSPS) is 14.8. The van der Waals surface area contributed by atoms with Crippen molar-refractivity contribution in [3.63, 3.8) is 0 Å². The van der Waals surface area contributed by atoms with Gasteiger partial charge in [-0.05, 0) is 23.3 Å². The summed E-state index contributed by atoms with van der Waals surface area (Å²) in [5.41, 5.74) is 8.32. The summed E-state index contributed by atoms with van der Waals surface area (Å²) in [4.78, 5) is 26.4. The molecule has 3 rings (SSSR count). The van der Waals surface area contributed by atoms with Gasteiger partial charge in [-0.15, -0.1) is 12.4 Å². The van der Waals surface area contributed by atoms with E-state index in [9.17, 15) is 9.59 Å². The predicted molar refractivity (Wildman–Crippen MR) is 107 cm³/mol. The molecule has 0 aliphatic carbocycles. The molecule has 1 atom stereocenters. The summed E-state index contributed by atoms with van der Waals surface area (Å²) in [5.74, 6) is -0.176. The number of nitrogens with zero attached hydrogens (tertiary/aromatic N) is 1. The Kier molecular flexibility index (Phi) is 7.79. The van der Waals surface area contributed by atoms with Crippen LogP contribution in [-0.4, -0.2) is 43.0 Å². The highest BCUT2D eigenvalue weighted by Gasteiger charge is 2.18. The second kappa shape index (κ2) is 10.1. The molecule has 0 bridgehead atoms. The highest BCUT2D eigenvalue weighted by molar-refractivity contribution is 5.95. The molecule has 7 heteroatoms. The molecular weight excluding hydrogens is 366 g/mol. The fourth-order valence-electron chi connectivity index (χ4n) is 2.84. The number of morpholine rings is 1. The van der Waals surface area contributed by atoms with Crippen molar-refractivity contribution in [2.24, 2.45) is 5.73 Å². The molecule has 2 aromatic rings. The minimum Gasteiger partial charge on any atom is -0.378 e. The largest absolute Gasteiger partial charge is 0.378 e. The second-order valence-corrected chi connectivity index (χ2v) is 6.24. The van der Waals surface area contributed by atoms with Gasteiger partial charge in [-0.3, -0.25) is 9.59 Å². The van der Waals surface area contributed by atoms with E-state index in [0.717, 1.165) is 11.1 Å². The lowest BCUT2D eigenvalue weighted by Gasteiger charge is -2.26. The third-order valence-electron chi connectivity index (χ3n) is 4.38. The van der Waals surface area contributed by atoms with E-state index in [1.807, 2.05) is 47.4 Å². The number of carbonyl (C=O) groups is 2. The summed E-state index contributed by atoms with van der Waals surface area (Å²) in [6, 6.07) is 15.8. The maximum absolute atomic E-state index is 12.3. The van der Waals surface area contributed by atoms with Gasteiger partial charge >= 0.3 is 0 Å². The summed E-state index contributed by atoms with van der Waals surface area (Å²) in [5, 5.41) is 2.81. The molecule has 2 aromatic carbocycles. The van der Waals surface area contributed by atoms with Gasteiger partial charge in [-0.2, -0.15) is 0 Å². The highest BCUT2D eigenvalue weighted by atomic mass is 35.5. The number of hydrogen-bond donors (Lipinski definition) is 2. The van der Waals surface area contributed by atoms with E-state index >= 15 is 0 Å². The van der Waals surface area contributed by atoms with Crippen LogP contribution in [0.2, 0.25) is 0 Å². The fourth-order valence-corrected chi connectivity index (χ4v) is 2.84.